The Bertz CT molecular complexity index is 616. The lowest BCUT2D eigenvalue weighted by Gasteiger charge is -2.16. The molecule has 0 heterocycles. The lowest BCUT2D eigenvalue weighted by Crippen LogP contribution is -2.15. The lowest BCUT2D eigenvalue weighted by atomic mass is 10.1. The summed E-state index contributed by atoms with van der Waals surface area (Å²) in [6, 6.07) is 13.7. The molecule has 3 nitrogen and oxygen atoms in total. The summed E-state index contributed by atoms with van der Waals surface area (Å²) in [5.41, 5.74) is 2.13. The molecule has 2 rings (SSSR count). The van der Waals surface area contributed by atoms with E-state index in [1.165, 1.54) is 12.8 Å². The van der Waals surface area contributed by atoms with Crippen molar-refractivity contribution < 1.29 is 9.47 Å². The molecule has 0 saturated carbocycles. The number of benzene rings is 2. The molecule has 0 radical (unpaired) electrons. The Labute approximate surface area is 143 Å². The SMILES string of the molecule is CCCCNCc1cccc(OC)c1OCc1cccc(Cl)c1. The second-order valence-electron chi connectivity index (χ2n) is 5.40. The molecule has 124 valence electrons. The molecule has 0 fully saturated rings. The molecular weight excluding hydrogens is 310 g/mol. The van der Waals surface area contributed by atoms with E-state index in [1.807, 2.05) is 36.4 Å². The van der Waals surface area contributed by atoms with Crippen LogP contribution >= 0.6 is 11.6 Å². The fourth-order valence-electron chi connectivity index (χ4n) is 2.33. The van der Waals surface area contributed by atoms with Crippen molar-refractivity contribution in [1.29, 1.82) is 0 Å². The second kappa shape index (κ2) is 9.43. The maximum atomic E-state index is 6.03. The third kappa shape index (κ3) is 5.45. The molecule has 0 bridgehead atoms. The molecule has 2 aromatic rings. The fourth-order valence-corrected chi connectivity index (χ4v) is 2.55. The largest absolute Gasteiger partial charge is 0.493 e. The second-order valence-corrected chi connectivity index (χ2v) is 5.83. The maximum Gasteiger partial charge on any atom is 0.166 e. The van der Waals surface area contributed by atoms with Crippen molar-refractivity contribution in [2.75, 3.05) is 13.7 Å². The van der Waals surface area contributed by atoms with Crippen LogP contribution in [0.15, 0.2) is 42.5 Å². The van der Waals surface area contributed by atoms with Gasteiger partial charge in [-0.05, 0) is 36.7 Å². The number of hydrogen-bond donors (Lipinski definition) is 1. The van der Waals surface area contributed by atoms with Gasteiger partial charge in [0.1, 0.15) is 6.61 Å². The van der Waals surface area contributed by atoms with Crippen molar-refractivity contribution >= 4 is 11.6 Å². The van der Waals surface area contributed by atoms with Crippen LogP contribution in [0.4, 0.5) is 0 Å². The molecule has 2 aromatic carbocycles. The number of para-hydroxylation sites is 1. The Morgan fingerprint density at radius 1 is 1.13 bits per heavy atom. The van der Waals surface area contributed by atoms with Gasteiger partial charge in [-0.2, -0.15) is 0 Å². The molecule has 0 amide bonds. The molecule has 0 unspecified atom stereocenters. The molecule has 0 aliphatic heterocycles. The third-order valence-corrected chi connectivity index (χ3v) is 3.81. The highest BCUT2D eigenvalue weighted by Gasteiger charge is 2.10. The number of rotatable bonds is 9. The molecule has 0 aromatic heterocycles. The van der Waals surface area contributed by atoms with Gasteiger partial charge in [0.05, 0.1) is 7.11 Å². The van der Waals surface area contributed by atoms with Crippen LogP contribution in [0.1, 0.15) is 30.9 Å². The Hall–Kier alpha value is -1.71. The molecule has 0 aliphatic carbocycles. The van der Waals surface area contributed by atoms with Crippen molar-refractivity contribution in [3.8, 4) is 11.5 Å². The molecular formula is C19H24ClNO2. The molecule has 23 heavy (non-hydrogen) atoms. The number of ether oxygens (including phenoxy) is 2. The van der Waals surface area contributed by atoms with Crippen molar-refractivity contribution in [1.82, 2.24) is 5.32 Å². The summed E-state index contributed by atoms with van der Waals surface area (Å²) in [6.45, 7) is 4.42. The van der Waals surface area contributed by atoms with Gasteiger partial charge >= 0.3 is 0 Å². The van der Waals surface area contributed by atoms with E-state index in [0.29, 0.717) is 11.6 Å². The van der Waals surface area contributed by atoms with Crippen LogP contribution in [-0.2, 0) is 13.2 Å². The zero-order valence-corrected chi connectivity index (χ0v) is 14.5. The van der Waals surface area contributed by atoms with Crippen LogP contribution in [0.5, 0.6) is 11.5 Å². The highest BCUT2D eigenvalue weighted by molar-refractivity contribution is 6.30. The lowest BCUT2D eigenvalue weighted by molar-refractivity contribution is 0.280. The van der Waals surface area contributed by atoms with Crippen LogP contribution in [0.3, 0.4) is 0 Å². The summed E-state index contributed by atoms with van der Waals surface area (Å²) >= 11 is 6.02. The van der Waals surface area contributed by atoms with Gasteiger partial charge < -0.3 is 14.8 Å². The first-order valence-corrected chi connectivity index (χ1v) is 8.36. The number of hydrogen-bond acceptors (Lipinski definition) is 3. The Morgan fingerprint density at radius 3 is 2.70 bits per heavy atom. The van der Waals surface area contributed by atoms with E-state index in [9.17, 15) is 0 Å². The number of halogens is 1. The van der Waals surface area contributed by atoms with E-state index in [-0.39, 0.29) is 0 Å². The Morgan fingerprint density at radius 2 is 1.96 bits per heavy atom. The molecule has 0 aliphatic rings. The Kier molecular flexibility index (Phi) is 7.24. The first-order valence-electron chi connectivity index (χ1n) is 7.98. The minimum atomic E-state index is 0.461. The molecule has 0 saturated heterocycles. The molecule has 1 N–H and O–H groups in total. The quantitative estimate of drug-likeness (QED) is 0.667. The summed E-state index contributed by atoms with van der Waals surface area (Å²) in [7, 11) is 1.66. The summed E-state index contributed by atoms with van der Waals surface area (Å²) < 4.78 is 11.5. The van der Waals surface area contributed by atoms with Crippen molar-refractivity contribution in [3.05, 3.63) is 58.6 Å². The molecule has 4 heteroatoms. The molecule has 0 atom stereocenters. The van der Waals surface area contributed by atoms with Gasteiger partial charge in [0.25, 0.3) is 0 Å². The smallest absolute Gasteiger partial charge is 0.166 e. The van der Waals surface area contributed by atoms with Gasteiger partial charge in [-0.1, -0.05) is 49.2 Å². The van der Waals surface area contributed by atoms with Crippen LogP contribution in [0, 0.1) is 0 Å². The predicted molar refractivity (Wildman–Crippen MR) is 95.4 cm³/mol. The van der Waals surface area contributed by atoms with Crippen LogP contribution in [0.2, 0.25) is 5.02 Å². The maximum absolute atomic E-state index is 6.03. The number of nitrogens with one attached hydrogen (secondary N) is 1. The Balaban J connectivity index is 2.08. The van der Waals surface area contributed by atoms with Crippen molar-refractivity contribution in [2.24, 2.45) is 0 Å². The monoisotopic (exact) mass is 333 g/mol. The standard InChI is InChI=1S/C19H24ClNO2/c1-3-4-11-21-13-16-8-6-10-18(22-2)19(16)23-14-15-7-5-9-17(20)12-15/h5-10,12,21H,3-4,11,13-14H2,1-2H3. The number of methoxy groups -OCH3 is 1. The third-order valence-electron chi connectivity index (χ3n) is 3.58. The van der Waals surface area contributed by atoms with Gasteiger partial charge in [-0.15, -0.1) is 0 Å². The van der Waals surface area contributed by atoms with Crippen LogP contribution in [-0.4, -0.2) is 13.7 Å². The first-order chi connectivity index (χ1) is 11.2. The van der Waals surface area contributed by atoms with Gasteiger partial charge in [0.15, 0.2) is 11.5 Å². The summed E-state index contributed by atoms with van der Waals surface area (Å²) in [5.74, 6) is 1.54. The summed E-state index contributed by atoms with van der Waals surface area (Å²) in [5, 5.41) is 4.16. The minimum absolute atomic E-state index is 0.461. The van der Waals surface area contributed by atoms with Crippen molar-refractivity contribution in [2.45, 2.75) is 32.9 Å². The zero-order chi connectivity index (χ0) is 16.5. The number of unbranched alkanes of at least 4 members (excludes halogenated alkanes) is 1. The van der Waals surface area contributed by atoms with E-state index >= 15 is 0 Å². The van der Waals surface area contributed by atoms with Gasteiger partial charge in [0.2, 0.25) is 0 Å². The highest BCUT2D eigenvalue weighted by atomic mass is 35.5. The van der Waals surface area contributed by atoms with Crippen LogP contribution < -0.4 is 14.8 Å². The summed E-state index contributed by atoms with van der Waals surface area (Å²) in [6.07, 6.45) is 2.35. The van der Waals surface area contributed by atoms with E-state index < -0.39 is 0 Å². The van der Waals surface area contributed by atoms with E-state index in [4.69, 9.17) is 21.1 Å². The summed E-state index contributed by atoms with van der Waals surface area (Å²) in [4.78, 5) is 0. The first kappa shape index (κ1) is 17.6. The average Bonchev–Trinajstić information content (AvgIpc) is 2.57. The minimum Gasteiger partial charge on any atom is -0.493 e. The van der Waals surface area contributed by atoms with Gasteiger partial charge in [-0.25, -0.2) is 0 Å². The molecule has 0 spiro atoms. The normalized spacial score (nSPS) is 10.6. The topological polar surface area (TPSA) is 30.5 Å². The fraction of sp³-hybridized carbons (Fsp3) is 0.368. The van der Waals surface area contributed by atoms with Gasteiger partial charge in [-0.3, -0.25) is 0 Å². The zero-order valence-electron chi connectivity index (χ0n) is 13.8. The van der Waals surface area contributed by atoms with Gasteiger partial charge in [0, 0.05) is 17.1 Å². The van der Waals surface area contributed by atoms with Crippen LogP contribution in [0.25, 0.3) is 0 Å². The highest BCUT2D eigenvalue weighted by Crippen LogP contribution is 2.32. The van der Waals surface area contributed by atoms with E-state index in [2.05, 4.69) is 18.3 Å². The predicted octanol–water partition coefficient (Wildman–Crippen LogP) is 4.82. The van der Waals surface area contributed by atoms with E-state index in [1.54, 1.807) is 7.11 Å². The average molecular weight is 334 g/mol. The van der Waals surface area contributed by atoms with E-state index in [0.717, 1.165) is 35.7 Å². The van der Waals surface area contributed by atoms with Crippen molar-refractivity contribution in [3.63, 3.8) is 0 Å².